The van der Waals surface area contributed by atoms with E-state index in [1.54, 1.807) is 0 Å². The van der Waals surface area contributed by atoms with Crippen molar-refractivity contribution < 1.29 is 28.4 Å². The van der Waals surface area contributed by atoms with Gasteiger partial charge in [0.25, 0.3) is 0 Å². The van der Waals surface area contributed by atoms with Gasteiger partial charge in [0.05, 0.1) is 50.8 Å². The summed E-state index contributed by atoms with van der Waals surface area (Å²) in [5.74, 6) is 3.96. The first-order valence-corrected chi connectivity index (χ1v) is 37.6. The van der Waals surface area contributed by atoms with Crippen LogP contribution in [0.15, 0.2) is 36.4 Å². The predicted molar refractivity (Wildman–Crippen MR) is 375 cm³/mol. The first-order chi connectivity index (χ1) is 43.5. The van der Waals surface area contributed by atoms with Crippen LogP contribution in [0.25, 0.3) is 22.3 Å². The highest BCUT2D eigenvalue weighted by molar-refractivity contribution is 5.89. The molecule has 3 aromatic carbocycles. The van der Waals surface area contributed by atoms with Crippen molar-refractivity contribution in [3.8, 4) is 68.9 Å². The van der Waals surface area contributed by atoms with E-state index in [4.69, 9.17) is 28.4 Å². The van der Waals surface area contributed by atoms with E-state index in [-0.39, 0.29) is 0 Å². The van der Waals surface area contributed by atoms with E-state index in [2.05, 4.69) is 77.9 Å². The van der Waals surface area contributed by atoms with Gasteiger partial charge in [-0.05, 0) is 97.2 Å². The molecule has 3 rings (SSSR count). The maximum atomic E-state index is 10.8. The summed E-state index contributed by atoms with van der Waals surface area (Å²) in [6.07, 6.45) is 58.2. The third kappa shape index (κ3) is 35.7. The van der Waals surface area contributed by atoms with Crippen LogP contribution >= 0.6 is 0 Å². The number of hydrogen-bond acceptors (Lipinski definition) is 8. The lowest BCUT2D eigenvalue weighted by atomic mass is 9.90. The highest BCUT2D eigenvalue weighted by atomic mass is 16.5. The van der Waals surface area contributed by atoms with Gasteiger partial charge in [0.2, 0.25) is 11.5 Å². The van der Waals surface area contributed by atoms with Crippen LogP contribution in [0.2, 0.25) is 0 Å². The molecule has 8 nitrogen and oxygen atoms in total. The first kappa shape index (κ1) is 77.7. The Morgan fingerprint density at radius 2 is 0.398 bits per heavy atom. The molecule has 0 bridgehead atoms. The molecular formula is C80H132N2O6. The molecule has 0 saturated heterocycles. The number of rotatable bonds is 62. The van der Waals surface area contributed by atoms with Gasteiger partial charge in [-0.25, -0.2) is 0 Å². The van der Waals surface area contributed by atoms with E-state index < -0.39 is 0 Å². The fraction of sp³-hybridized carbons (Fsp3) is 0.750. The van der Waals surface area contributed by atoms with Gasteiger partial charge < -0.3 is 28.4 Å². The molecule has 0 atom stereocenters. The molecule has 0 heterocycles. The third-order valence-electron chi connectivity index (χ3n) is 17.6. The largest absolute Gasteiger partial charge is 0.490 e. The van der Waals surface area contributed by atoms with Gasteiger partial charge in [-0.15, -0.1) is 0 Å². The Morgan fingerprint density at radius 1 is 0.227 bits per heavy atom. The number of benzene rings is 3. The van der Waals surface area contributed by atoms with Crippen LogP contribution in [0.4, 0.5) is 0 Å². The molecule has 0 fully saturated rings. The molecule has 0 unspecified atom stereocenters. The molecule has 88 heavy (non-hydrogen) atoms. The minimum Gasteiger partial charge on any atom is -0.490 e. The molecule has 0 N–H and O–H groups in total. The van der Waals surface area contributed by atoms with Crippen LogP contribution in [-0.4, -0.2) is 39.6 Å². The van der Waals surface area contributed by atoms with Crippen LogP contribution in [0.3, 0.4) is 0 Å². The molecule has 0 aromatic heterocycles. The van der Waals surface area contributed by atoms with E-state index in [1.165, 1.54) is 231 Å². The summed E-state index contributed by atoms with van der Waals surface area (Å²) >= 11 is 0. The zero-order chi connectivity index (χ0) is 63.0. The second-order valence-corrected chi connectivity index (χ2v) is 25.7. The van der Waals surface area contributed by atoms with E-state index in [1.807, 2.05) is 12.1 Å². The number of nitriles is 2. The summed E-state index contributed by atoms with van der Waals surface area (Å²) in [6, 6.07) is 17.0. The number of hydrogen-bond donors (Lipinski definition) is 0. The van der Waals surface area contributed by atoms with Gasteiger partial charge in [-0.3, -0.25) is 0 Å². The number of nitrogens with zero attached hydrogens (tertiary/aromatic N) is 2. The smallest absolute Gasteiger partial charge is 0.203 e. The lowest BCUT2D eigenvalue weighted by Gasteiger charge is -2.22. The van der Waals surface area contributed by atoms with Gasteiger partial charge >= 0.3 is 0 Å². The lowest BCUT2D eigenvalue weighted by molar-refractivity contribution is 0.234. The molecule has 0 aliphatic rings. The van der Waals surface area contributed by atoms with Crippen molar-refractivity contribution in [2.75, 3.05) is 39.6 Å². The van der Waals surface area contributed by atoms with Crippen LogP contribution in [0.5, 0.6) is 34.5 Å². The van der Waals surface area contributed by atoms with E-state index in [9.17, 15) is 10.5 Å². The standard InChI is InChI=1S/C80H132N2O6/c1-7-13-19-25-31-37-43-49-55-83-75-63-69(64-76(84-56-50-44-38-32-26-20-14-8-2)79(75)87-59-53-47-41-35-29-23-17-11-5)73-61-71(67-81)72(68-82)62-74(73)70-65-77(85-57-51-45-39-33-27-21-15-9-3)80(88-60-54-48-42-36-30-24-18-12-6)78(66-70)86-58-52-46-40-34-28-22-16-10-4/h61-66H,7-60H2,1-6H3. The van der Waals surface area contributed by atoms with Crippen molar-refractivity contribution in [1.82, 2.24) is 0 Å². The summed E-state index contributed by atoms with van der Waals surface area (Å²) in [7, 11) is 0. The summed E-state index contributed by atoms with van der Waals surface area (Å²) < 4.78 is 41.4. The van der Waals surface area contributed by atoms with Crippen molar-refractivity contribution in [2.24, 2.45) is 0 Å². The Labute approximate surface area is 542 Å². The van der Waals surface area contributed by atoms with Crippen molar-refractivity contribution in [1.29, 1.82) is 10.5 Å². The molecule has 0 spiro atoms. The van der Waals surface area contributed by atoms with Gasteiger partial charge in [-0.2, -0.15) is 10.5 Å². The Hall–Kier alpha value is -4.56. The van der Waals surface area contributed by atoms with Crippen LogP contribution in [0.1, 0.15) is 361 Å². The van der Waals surface area contributed by atoms with Crippen LogP contribution in [0, 0.1) is 22.7 Å². The topological polar surface area (TPSA) is 103 Å². The molecule has 0 aliphatic carbocycles. The summed E-state index contributed by atoms with van der Waals surface area (Å²) in [5, 5.41) is 21.5. The predicted octanol–water partition coefficient (Wildman–Crippen LogP) is 25.9. The zero-order valence-electron chi connectivity index (χ0n) is 58.0. The zero-order valence-corrected chi connectivity index (χ0v) is 58.0. The first-order valence-electron chi connectivity index (χ1n) is 37.6. The summed E-state index contributed by atoms with van der Waals surface area (Å²) in [4.78, 5) is 0. The molecule has 498 valence electrons. The number of ether oxygens (including phenoxy) is 6. The van der Waals surface area contributed by atoms with Crippen molar-refractivity contribution in [3.63, 3.8) is 0 Å². The molecule has 3 aromatic rings. The van der Waals surface area contributed by atoms with Crippen molar-refractivity contribution in [3.05, 3.63) is 47.5 Å². The summed E-state index contributed by atoms with van der Waals surface area (Å²) in [6.45, 7) is 17.1. The summed E-state index contributed by atoms with van der Waals surface area (Å²) in [5.41, 5.74) is 3.92. The Morgan fingerprint density at radius 3 is 0.580 bits per heavy atom. The maximum Gasteiger partial charge on any atom is 0.203 e. The van der Waals surface area contributed by atoms with Crippen molar-refractivity contribution >= 4 is 0 Å². The Balaban J connectivity index is 2.23. The van der Waals surface area contributed by atoms with Gasteiger partial charge in [0, 0.05) is 0 Å². The highest BCUT2D eigenvalue weighted by Gasteiger charge is 2.24. The molecule has 0 amide bonds. The van der Waals surface area contributed by atoms with Crippen molar-refractivity contribution in [2.45, 2.75) is 350 Å². The minimum atomic E-state index is 0.321. The number of unbranched alkanes of at least 4 members (excludes halogenated alkanes) is 42. The molecule has 8 heteroatoms. The molecular weight excluding hydrogens is 1080 g/mol. The normalized spacial score (nSPS) is 11.2. The van der Waals surface area contributed by atoms with Gasteiger partial charge in [-0.1, -0.05) is 311 Å². The third-order valence-corrected chi connectivity index (χ3v) is 17.6. The lowest BCUT2D eigenvalue weighted by Crippen LogP contribution is -2.07. The van der Waals surface area contributed by atoms with Gasteiger partial charge in [0.15, 0.2) is 23.0 Å². The molecule has 0 saturated carbocycles. The Bertz CT molecular complexity index is 1990. The minimum absolute atomic E-state index is 0.321. The average molecular weight is 1220 g/mol. The fourth-order valence-corrected chi connectivity index (χ4v) is 11.9. The van der Waals surface area contributed by atoms with Crippen LogP contribution in [-0.2, 0) is 0 Å². The quantitative estimate of drug-likeness (QED) is 0.0515. The molecule has 0 aliphatic heterocycles. The van der Waals surface area contributed by atoms with Crippen LogP contribution < -0.4 is 28.4 Å². The second-order valence-electron chi connectivity index (χ2n) is 25.7. The average Bonchev–Trinajstić information content (AvgIpc) is 1.42. The fourth-order valence-electron chi connectivity index (χ4n) is 11.9. The van der Waals surface area contributed by atoms with E-state index in [0.717, 1.165) is 99.3 Å². The van der Waals surface area contributed by atoms with Gasteiger partial charge in [0.1, 0.15) is 12.1 Å². The SMILES string of the molecule is CCCCCCCCCCOc1cc(-c2cc(C#N)c(C#N)cc2-c2cc(OCCCCCCCCCC)c(OCCCCCCCCCC)c(OCCCCCCCCCC)c2)cc(OCCCCCCCCCC)c1OCCCCCCCCCC. The molecule has 0 radical (unpaired) electrons. The van der Waals surface area contributed by atoms with E-state index in [0.29, 0.717) is 85.3 Å². The van der Waals surface area contributed by atoms with E-state index >= 15 is 0 Å². The highest BCUT2D eigenvalue weighted by Crippen LogP contribution is 2.48. The Kier molecular flexibility index (Phi) is 48.8. The second kappa shape index (κ2) is 55.3. The maximum absolute atomic E-state index is 10.8. The monoisotopic (exact) mass is 1220 g/mol.